The van der Waals surface area contributed by atoms with Crippen LogP contribution < -0.4 is 9.47 Å². The summed E-state index contributed by atoms with van der Waals surface area (Å²) < 4.78 is 15.2. The number of aromatic nitrogens is 2. The number of ether oxygens (including phenoxy) is 2. The Morgan fingerprint density at radius 2 is 1.44 bits per heavy atom. The predicted molar refractivity (Wildman–Crippen MR) is 200 cm³/mol. The molecule has 0 bridgehead atoms. The first kappa shape index (κ1) is 34.5. The van der Waals surface area contributed by atoms with Gasteiger partial charge in [-0.05, 0) is 151 Å². The molecule has 3 heterocycles. The van der Waals surface area contributed by atoms with Crippen LogP contribution in [0.1, 0.15) is 95.6 Å². The number of rotatable bonds is 17. The largest absolute Gasteiger partial charge is 0.494 e. The van der Waals surface area contributed by atoms with Gasteiger partial charge in [0, 0.05) is 30.3 Å². The zero-order valence-electron chi connectivity index (χ0n) is 30.1. The van der Waals surface area contributed by atoms with Crippen LogP contribution in [0.3, 0.4) is 0 Å². The van der Waals surface area contributed by atoms with Crippen molar-refractivity contribution in [3.8, 4) is 28.6 Å². The van der Waals surface area contributed by atoms with E-state index in [1.165, 1.54) is 81.1 Å². The molecule has 0 radical (unpaired) electrons. The van der Waals surface area contributed by atoms with E-state index in [9.17, 15) is 0 Å². The highest BCUT2D eigenvalue weighted by Crippen LogP contribution is 2.34. The summed E-state index contributed by atoms with van der Waals surface area (Å²) in [5, 5.41) is 0. The fraction of sp³-hybridized carbons (Fsp3) is 0.548. The molecular weight excluding hydrogens is 592 g/mol. The molecule has 6 nitrogen and oxygen atoms in total. The first-order valence-corrected chi connectivity index (χ1v) is 19.0. The van der Waals surface area contributed by atoms with Crippen LogP contribution in [-0.2, 0) is 19.4 Å². The van der Waals surface area contributed by atoms with Gasteiger partial charge in [-0.25, -0.2) is 4.98 Å². The number of likely N-dealkylation sites (tertiary alicyclic amines) is 2. The molecule has 0 saturated carbocycles. The molecule has 2 aliphatic rings. The molecule has 48 heavy (non-hydrogen) atoms. The lowest BCUT2D eigenvalue weighted by atomic mass is 9.98. The molecule has 3 aromatic carbocycles. The second kappa shape index (κ2) is 16.8. The van der Waals surface area contributed by atoms with Crippen LogP contribution in [-0.4, -0.2) is 65.2 Å². The molecule has 6 heteroatoms. The number of nitrogens with zero attached hydrogens (tertiary/aromatic N) is 4. The minimum Gasteiger partial charge on any atom is -0.494 e. The molecule has 0 aliphatic carbocycles. The van der Waals surface area contributed by atoms with Crippen molar-refractivity contribution in [2.45, 2.75) is 116 Å². The van der Waals surface area contributed by atoms with Crippen LogP contribution in [0.4, 0.5) is 0 Å². The second-order valence-electron chi connectivity index (χ2n) is 14.3. The van der Waals surface area contributed by atoms with E-state index in [1.54, 1.807) is 0 Å². The maximum absolute atomic E-state index is 6.42. The molecule has 2 fully saturated rings. The van der Waals surface area contributed by atoms with Crippen LogP contribution >= 0.6 is 0 Å². The van der Waals surface area contributed by atoms with E-state index in [-0.39, 0.29) is 0 Å². The lowest BCUT2D eigenvalue weighted by molar-refractivity contribution is 0.233. The molecule has 2 saturated heterocycles. The number of benzene rings is 3. The van der Waals surface area contributed by atoms with Crippen LogP contribution in [0.15, 0.2) is 60.7 Å². The fourth-order valence-electron chi connectivity index (χ4n) is 7.77. The standard InChI is InChI=1S/C42H58N4O2/c1-5-7-12-32-17-19-36(20-18-32)48-38-22-24-40-41(31-38)46(28-8-6-2)42(43-40)39-23-21-37(47-29-25-35-16-11-27-45(35)4)30-33(39)13-9-14-34-15-10-26-44(34)3/h17-24,30-31,34-35H,5-16,25-29H2,1-4H3. The van der Waals surface area contributed by atoms with Crippen molar-refractivity contribution in [3.63, 3.8) is 0 Å². The summed E-state index contributed by atoms with van der Waals surface area (Å²) in [5.41, 5.74) is 6.10. The highest BCUT2D eigenvalue weighted by molar-refractivity contribution is 5.83. The van der Waals surface area contributed by atoms with Crippen molar-refractivity contribution in [2.75, 3.05) is 33.8 Å². The summed E-state index contributed by atoms with van der Waals surface area (Å²) in [5.74, 6) is 3.77. The first-order chi connectivity index (χ1) is 23.5. The normalized spacial score (nSPS) is 18.7. The average molecular weight is 651 g/mol. The second-order valence-corrected chi connectivity index (χ2v) is 14.3. The summed E-state index contributed by atoms with van der Waals surface area (Å²) in [6.45, 7) is 8.63. The van der Waals surface area contributed by atoms with Gasteiger partial charge in [0.15, 0.2) is 0 Å². The Morgan fingerprint density at radius 1 is 0.729 bits per heavy atom. The minimum absolute atomic E-state index is 0.643. The Morgan fingerprint density at radius 3 is 2.15 bits per heavy atom. The van der Waals surface area contributed by atoms with Gasteiger partial charge in [-0.2, -0.15) is 0 Å². The number of unbranched alkanes of at least 4 members (excludes halogenated alkanes) is 2. The Hall–Kier alpha value is -3.35. The van der Waals surface area contributed by atoms with Gasteiger partial charge >= 0.3 is 0 Å². The average Bonchev–Trinajstić information content (AvgIpc) is 3.81. The van der Waals surface area contributed by atoms with Gasteiger partial charge in [0.05, 0.1) is 17.6 Å². The van der Waals surface area contributed by atoms with E-state index in [4.69, 9.17) is 14.5 Å². The molecule has 2 unspecified atom stereocenters. The van der Waals surface area contributed by atoms with Crippen molar-refractivity contribution < 1.29 is 9.47 Å². The lowest BCUT2D eigenvalue weighted by Crippen LogP contribution is -2.26. The monoisotopic (exact) mass is 650 g/mol. The van der Waals surface area contributed by atoms with E-state index in [0.29, 0.717) is 12.1 Å². The number of fused-ring (bicyclic) bond motifs is 1. The van der Waals surface area contributed by atoms with Gasteiger partial charge in [0.1, 0.15) is 23.1 Å². The van der Waals surface area contributed by atoms with E-state index in [0.717, 1.165) is 79.4 Å². The van der Waals surface area contributed by atoms with Crippen molar-refractivity contribution >= 4 is 11.0 Å². The number of aryl methyl sites for hydroxylation is 3. The molecule has 2 atom stereocenters. The van der Waals surface area contributed by atoms with Gasteiger partial charge in [-0.3, -0.25) is 0 Å². The highest BCUT2D eigenvalue weighted by atomic mass is 16.5. The summed E-state index contributed by atoms with van der Waals surface area (Å²) in [6, 6.07) is 23.1. The molecule has 6 rings (SSSR count). The van der Waals surface area contributed by atoms with Crippen LogP contribution in [0.25, 0.3) is 22.4 Å². The Kier molecular flexibility index (Phi) is 12.1. The third kappa shape index (κ3) is 8.62. The maximum atomic E-state index is 6.42. The number of hydrogen-bond acceptors (Lipinski definition) is 5. The zero-order valence-corrected chi connectivity index (χ0v) is 30.1. The molecule has 4 aromatic rings. The van der Waals surface area contributed by atoms with Gasteiger partial charge in [0.25, 0.3) is 0 Å². The Balaban J connectivity index is 1.26. The zero-order chi connectivity index (χ0) is 33.3. The van der Waals surface area contributed by atoms with Crippen molar-refractivity contribution in [1.29, 1.82) is 0 Å². The number of imidazole rings is 1. The fourth-order valence-corrected chi connectivity index (χ4v) is 7.77. The quantitative estimate of drug-likeness (QED) is 0.114. The third-order valence-electron chi connectivity index (χ3n) is 10.8. The van der Waals surface area contributed by atoms with Crippen LogP contribution in [0, 0.1) is 0 Å². The lowest BCUT2D eigenvalue weighted by Gasteiger charge is -2.20. The van der Waals surface area contributed by atoms with Gasteiger partial charge in [0.2, 0.25) is 0 Å². The van der Waals surface area contributed by atoms with Crippen LogP contribution in [0.2, 0.25) is 0 Å². The van der Waals surface area contributed by atoms with Gasteiger partial charge < -0.3 is 23.8 Å². The highest BCUT2D eigenvalue weighted by Gasteiger charge is 2.23. The predicted octanol–water partition coefficient (Wildman–Crippen LogP) is 9.92. The molecule has 2 aliphatic heterocycles. The molecule has 1 aromatic heterocycles. The Bertz CT molecular complexity index is 1600. The molecular formula is C42H58N4O2. The Labute approximate surface area is 289 Å². The van der Waals surface area contributed by atoms with Crippen molar-refractivity contribution in [2.24, 2.45) is 0 Å². The molecule has 0 amide bonds. The minimum atomic E-state index is 0.643. The summed E-state index contributed by atoms with van der Waals surface area (Å²) >= 11 is 0. The SMILES string of the molecule is CCCCc1ccc(Oc2ccc3nc(-c4ccc(OCCC5CCCN5C)cc4CCCC4CCCN4C)n(CCCC)c3c2)cc1. The topological polar surface area (TPSA) is 42.8 Å². The molecule has 0 spiro atoms. The van der Waals surface area contributed by atoms with Crippen LogP contribution in [0.5, 0.6) is 17.2 Å². The van der Waals surface area contributed by atoms with Gasteiger partial charge in [-0.15, -0.1) is 0 Å². The van der Waals surface area contributed by atoms with Crippen molar-refractivity contribution in [1.82, 2.24) is 19.4 Å². The molecule has 258 valence electrons. The van der Waals surface area contributed by atoms with E-state index in [1.807, 2.05) is 0 Å². The summed E-state index contributed by atoms with van der Waals surface area (Å²) in [6.07, 6.45) is 15.5. The van der Waals surface area contributed by atoms with E-state index < -0.39 is 0 Å². The summed E-state index contributed by atoms with van der Waals surface area (Å²) in [4.78, 5) is 10.3. The van der Waals surface area contributed by atoms with E-state index in [2.05, 4.69) is 103 Å². The maximum Gasteiger partial charge on any atom is 0.141 e. The third-order valence-corrected chi connectivity index (χ3v) is 10.8. The van der Waals surface area contributed by atoms with Crippen molar-refractivity contribution in [3.05, 3.63) is 71.8 Å². The molecule has 0 N–H and O–H groups in total. The summed E-state index contributed by atoms with van der Waals surface area (Å²) in [7, 11) is 4.54. The van der Waals surface area contributed by atoms with Gasteiger partial charge in [-0.1, -0.05) is 38.8 Å². The number of hydrogen-bond donors (Lipinski definition) is 0. The van der Waals surface area contributed by atoms with E-state index >= 15 is 0 Å². The smallest absolute Gasteiger partial charge is 0.141 e. The first-order valence-electron chi connectivity index (χ1n) is 19.0.